The Morgan fingerprint density at radius 3 is 3.15 bits per heavy atom. The summed E-state index contributed by atoms with van der Waals surface area (Å²) in [7, 11) is 0. The van der Waals surface area contributed by atoms with Crippen LogP contribution in [0.25, 0.3) is 10.9 Å². The van der Waals surface area contributed by atoms with Gasteiger partial charge in [-0.05, 0) is 18.2 Å². The number of rotatable bonds is 1. The van der Waals surface area contributed by atoms with Gasteiger partial charge in [0, 0.05) is 11.1 Å². The van der Waals surface area contributed by atoms with Gasteiger partial charge in [0.05, 0.1) is 11.7 Å². The summed E-state index contributed by atoms with van der Waals surface area (Å²) in [6.07, 6.45) is 1.68. The van der Waals surface area contributed by atoms with Gasteiger partial charge in [0.25, 0.3) is 0 Å². The van der Waals surface area contributed by atoms with Crippen LogP contribution in [0.15, 0.2) is 24.4 Å². The van der Waals surface area contributed by atoms with Gasteiger partial charge >= 0.3 is 6.03 Å². The van der Waals surface area contributed by atoms with Crippen LogP contribution < -0.4 is 11.1 Å². The molecule has 1 aromatic carbocycles. The summed E-state index contributed by atoms with van der Waals surface area (Å²) in [4.78, 5) is 10.5. The van der Waals surface area contributed by atoms with E-state index in [1.807, 2.05) is 6.07 Å². The van der Waals surface area contributed by atoms with E-state index in [0.29, 0.717) is 5.69 Å². The molecule has 5 nitrogen and oxygen atoms in total. The van der Waals surface area contributed by atoms with Crippen molar-refractivity contribution in [2.75, 3.05) is 5.32 Å². The fourth-order valence-corrected chi connectivity index (χ4v) is 1.16. The molecule has 66 valence electrons. The molecule has 1 heterocycles. The fraction of sp³-hybridized carbons (Fsp3) is 0. The van der Waals surface area contributed by atoms with E-state index in [9.17, 15) is 4.79 Å². The van der Waals surface area contributed by atoms with E-state index in [0.717, 1.165) is 10.9 Å². The Balaban J connectivity index is 2.42. The summed E-state index contributed by atoms with van der Waals surface area (Å²) < 4.78 is 0. The number of nitrogens with two attached hydrogens (primary N) is 1. The number of nitrogens with zero attached hydrogens (tertiary/aromatic N) is 1. The molecule has 0 atom stereocenters. The van der Waals surface area contributed by atoms with Crippen LogP contribution in [-0.4, -0.2) is 16.2 Å². The van der Waals surface area contributed by atoms with Gasteiger partial charge in [0.15, 0.2) is 0 Å². The molecule has 5 heteroatoms. The number of urea groups is 1. The van der Waals surface area contributed by atoms with Crippen molar-refractivity contribution in [1.82, 2.24) is 10.2 Å². The Bertz CT molecular complexity index is 448. The number of amides is 2. The molecule has 0 aliphatic rings. The van der Waals surface area contributed by atoms with E-state index in [4.69, 9.17) is 5.73 Å². The smallest absolute Gasteiger partial charge is 0.316 e. The Kier molecular flexibility index (Phi) is 1.63. The van der Waals surface area contributed by atoms with Gasteiger partial charge in [0.2, 0.25) is 0 Å². The molecule has 0 aliphatic heterocycles. The number of aromatic nitrogens is 2. The number of benzene rings is 1. The SMILES string of the molecule is NC(=O)Nc1ccc2[nH]ncc2c1. The Morgan fingerprint density at radius 1 is 1.54 bits per heavy atom. The number of carbonyl (C=O) groups is 1. The summed E-state index contributed by atoms with van der Waals surface area (Å²) in [5, 5.41) is 10.1. The minimum atomic E-state index is -0.567. The summed E-state index contributed by atoms with van der Waals surface area (Å²) in [6, 6.07) is 4.81. The van der Waals surface area contributed by atoms with E-state index in [1.54, 1.807) is 18.3 Å². The van der Waals surface area contributed by atoms with E-state index in [1.165, 1.54) is 0 Å². The van der Waals surface area contributed by atoms with Crippen molar-refractivity contribution in [3.05, 3.63) is 24.4 Å². The topological polar surface area (TPSA) is 83.8 Å². The van der Waals surface area contributed by atoms with Crippen molar-refractivity contribution in [1.29, 1.82) is 0 Å². The highest BCUT2D eigenvalue weighted by atomic mass is 16.2. The maximum atomic E-state index is 10.5. The molecule has 0 aliphatic carbocycles. The molecule has 4 N–H and O–H groups in total. The Labute approximate surface area is 73.9 Å². The number of hydrogen-bond donors (Lipinski definition) is 3. The molecule has 1 aromatic heterocycles. The lowest BCUT2D eigenvalue weighted by Gasteiger charge is -1.99. The van der Waals surface area contributed by atoms with Crippen LogP contribution in [0.4, 0.5) is 10.5 Å². The number of carbonyl (C=O) groups excluding carboxylic acids is 1. The quantitative estimate of drug-likeness (QED) is 0.606. The minimum Gasteiger partial charge on any atom is -0.351 e. The van der Waals surface area contributed by atoms with Crippen LogP contribution in [0.3, 0.4) is 0 Å². The lowest BCUT2D eigenvalue weighted by molar-refractivity contribution is 0.259. The molecule has 2 aromatic rings. The number of H-pyrrole nitrogens is 1. The van der Waals surface area contributed by atoms with E-state index >= 15 is 0 Å². The zero-order chi connectivity index (χ0) is 9.26. The number of primary amides is 1. The van der Waals surface area contributed by atoms with Crippen molar-refractivity contribution >= 4 is 22.6 Å². The Morgan fingerprint density at radius 2 is 2.38 bits per heavy atom. The van der Waals surface area contributed by atoms with Gasteiger partial charge in [-0.3, -0.25) is 5.10 Å². The molecule has 2 rings (SSSR count). The second kappa shape index (κ2) is 2.78. The first-order chi connectivity index (χ1) is 6.25. The van der Waals surface area contributed by atoms with Crippen molar-refractivity contribution in [3.63, 3.8) is 0 Å². The zero-order valence-corrected chi connectivity index (χ0v) is 6.74. The second-order valence-corrected chi connectivity index (χ2v) is 2.66. The third-order valence-electron chi connectivity index (χ3n) is 1.71. The average molecular weight is 176 g/mol. The highest BCUT2D eigenvalue weighted by Gasteiger charge is 1.98. The van der Waals surface area contributed by atoms with Gasteiger partial charge in [-0.15, -0.1) is 0 Å². The van der Waals surface area contributed by atoms with Crippen LogP contribution in [0.5, 0.6) is 0 Å². The fourth-order valence-electron chi connectivity index (χ4n) is 1.16. The van der Waals surface area contributed by atoms with Crippen LogP contribution >= 0.6 is 0 Å². The first-order valence-electron chi connectivity index (χ1n) is 3.75. The molecule has 0 fully saturated rings. The van der Waals surface area contributed by atoms with Gasteiger partial charge in [-0.1, -0.05) is 0 Å². The summed E-state index contributed by atoms with van der Waals surface area (Å²) in [6.45, 7) is 0. The van der Waals surface area contributed by atoms with Crippen molar-refractivity contribution < 1.29 is 4.79 Å². The molecular formula is C8H8N4O. The summed E-state index contributed by atoms with van der Waals surface area (Å²) in [5.41, 5.74) is 6.56. The Hall–Kier alpha value is -2.04. The van der Waals surface area contributed by atoms with Gasteiger partial charge in [-0.2, -0.15) is 5.10 Å². The first-order valence-corrected chi connectivity index (χ1v) is 3.75. The monoisotopic (exact) mass is 176 g/mol. The van der Waals surface area contributed by atoms with Gasteiger partial charge in [0.1, 0.15) is 0 Å². The lowest BCUT2D eigenvalue weighted by atomic mass is 10.2. The molecule has 0 spiro atoms. The normalized spacial score (nSPS) is 10.2. The largest absolute Gasteiger partial charge is 0.351 e. The van der Waals surface area contributed by atoms with Crippen molar-refractivity contribution in [2.24, 2.45) is 5.73 Å². The van der Waals surface area contributed by atoms with Crippen LogP contribution in [0.2, 0.25) is 0 Å². The average Bonchev–Trinajstić information content (AvgIpc) is 2.49. The molecular weight excluding hydrogens is 168 g/mol. The second-order valence-electron chi connectivity index (χ2n) is 2.66. The van der Waals surface area contributed by atoms with E-state index in [-0.39, 0.29) is 0 Å². The number of hydrogen-bond acceptors (Lipinski definition) is 2. The molecule has 0 radical (unpaired) electrons. The third-order valence-corrected chi connectivity index (χ3v) is 1.71. The van der Waals surface area contributed by atoms with Crippen LogP contribution in [0.1, 0.15) is 0 Å². The van der Waals surface area contributed by atoms with Crippen LogP contribution in [0, 0.1) is 0 Å². The highest BCUT2D eigenvalue weighted by molar-refractivity contribution is 5.91. The first kappa shape index (κ1) is 7.60. The number of nitrogens with one attached hydrogen (secondary N) is 2. The molecule has 0 saturated heterocycles. The van der Waals surface area contributed by atoms with E-state index < -0.39 is 6.03 Å². The maximum absolute atomic E-state index is 10.5. The molecule has 0 saturated carbocycles. The molecule has 13 heavy (non-hydrogen) atoms. The van der Waals surface area contributed by atoms with Gasteiger partial charge in [-0.25, -0.2) is 4.79 Å². The highest BCUT2D eigenvalue weighted by Crippen LogP contribution is 2.16. The summed E-state index contributed by atoms with van der Waals surface area (Å²) >= 11 is 0. The summed E-state index contributed by atoms with van der Waals surface area (Å²) in [5.74, 6) is 0. The van der Waals surface area contributed by atoms with E-state index in [2.05, 4.69) is 15.5 Å². The standard InChI is InChI=1S/C8H8N4O/c9-8(13)11-6-1-2-7-5(3-6)4-10-12-7/h1-4H,(H,10,12)(H3,9,11,13). The van der Waals surface area contributed by atoms with Crippen molar-refractivity contribution in [2.45, 2.75) is 0 Å². The lowest BCUT2D eigenvalue weighted by Crippen LogP contribution is -2.19. The van der Waals surface area contributed by atoms with Crippen molar-refractivity contribution in [3.8, 4) is 0 Å². The molecule has 2 amide bonds. The van der Waals surface area contributed by atoms with Gasteiger partial charge < -0.3 is 11.1 Å². The zero-order valence-electron chi connectivity index (χ0n) is 6.74. The number of fused-ring (bicyclic) bond motifs is 1. The minimum absolute atomic E-state index is 0.567. The number of anilines is 1. The van der Waals surface area contributed by atoms with Crippen LogP contribution in [-0.2, 0) is 0 Å². The molecule has 0 unspecified atom stereocenters. The predicted octanol–water partition coefficient (Wildman–Crippen LogP) is 1.05. The maximum Gasteiger partial charge on any atom is 0.316 e. The third kappa shape index (κ3) is 1.44. The number of aromatic amines is 1. The molecule has 0 bridgehead atoms. The predicted molar refractivity (Wildman–Crippen MR) is 49.3 cm³/mol.